The summed E-state index contributed by atoms with van der Waals surface area (Å²) in [5.74, 6) is 0.885. The number of hydrogen-bond donors (Lipinski definition) is 2. The monoisotopic (exact) mass is 492 g/mol. The van der Waals surface area contributed by atoms with E-state index in [0.717, 1.165) is 60.3 Å². The summed E-state index contributed by atoms with van der Waals surface area (Å²) in [7, 11) is -3.13. The Morgan fingerprint density at radius 3 is 1.56 bits per heavy atom. The van der Waals surface area contributed by atoms with Crippen molar-refractivity contribution < 1.29 is 10.2 Å². The average Bonchev–Trinajstić information content (AvgIpc) is 2.81. The Balaban J connectivity index is 2.31. The molecule has 0 heterocycles. The highest BCUT2D eigenvalue weighted by molar-refractivity contribution is 8.06. The molecule has 0 saturated carbocycles. The van der Waals surface area contributed by atoms with Gasteiger partial charge in [0.15, 0.2) is 0 Å². The van der Waals surface area contributed by atoms with Crippen molar-refractivity contribution >= 4 is 31.0 Å². The molecule has 0 aliphatic heterocycles. The van der Waals surface area contributed by atoms with E-state index in [9.17, 15) is 10.2 Å². The molecule has 0 spiro atoms. The summed E-state index contributed by atoms with van der Waals surface area (Å²) in [6.45, 7) is 13.4. The number of aromatic hydroxyl groups is 2. The molecule has 2 N–H and O–H groups in total. The van der Waals surface area contributed by atoms with Gasteiger partial charge in [0.1, 0.15) is 19.2 Å². The van der Waals surface area contributed by atoms with Crippen LogP contribution < -0.4 is 15.8 Å². The van der Waals surface area contributed by atoms with Crippen LogP contribution in [0, 0.1) is 13.8 Å². The largest absolute Gasteiger partial charge is 0.507 e. The number of benzene rings is 3. The fraction of sp³-hybridized carbons (Fsp3) is 0.400. The predicted molar refractivity (Wildman–Crippen MR) is 153 cm³/mol. The lowest BCUT2D eigenvalue weighted by atomic mass is 10.0. The third kappa shape index (κ3) is 5.75. The van der Waals surface area contributed by atoms with E-state index in [4.69, 9.17) is 0 Å². The van der Waals surface area contributed by atoms with Gasteiger partial charge in [0.2, 0.25) is 0 Å². The fourth-order valence-corrected chi connectivity index (χ4v) is 14.8. The van der Waals surface area contributed by atoms with Crippen LogP contribution in [0.5, 0.6) is 11.5 Å². The number of phenols is 2. The molecule has 0 aromatic heterocycles. The highest BCUT2D eigenvalue weighted by Crippen LogP contribution is 2.50. The van der Waals surface area contributed by atoms with Crippen LogP contribution in [-0.2, 0) is 12.8 Å². The van der Waals surface area contributed by atoms with Gasteiger partial charge in [-0.1, -0.05) is 87.4 Å². The number of phenolic OH excluding ortho intramolecular Hbond substituents is 2. The van der Waals surface area contributed by atoms with E-state index in [-0.39, 0.29) is 0 Å². The zero-order valence-corrected chi connectivity index (χ0v) is 23.7. The van der Waals surface area contributed by atoms with Crippen molar-refractivity contribution in [1.82, 2.24) is 0 Å². The van der Waals surface area contributed by atoms with E-state index in [1.54, 1.807) is 0 Å². The first kappa shape index (κ1) is 26.5. The second-order valence-electron chi connectivity index (χ2n) is 10.1. The van der Waals surface area contributed by atoms with E-state index >= 15 is 0 Å². The molecule has 0 bridgehead atoms. The van der Waals surface area contributed by atoms with Crippen LogP contribution in [0.4, 0.5) is 0 Å². The molecule has 3 aromatic carbocycles. The molecule has 2 nitrogen and oxygen atoms in total. The molecule has 0 saturated heterocycles. The third-order valence-electron chi connectivity index (χ3n) is 6.75. The summed E-state index contributed by atoms with van der Waals surface area (Å²) >= 11 is 0. The molecule has 0 unspecified atom stereocenters. The maximum Gasteiger partial charge on any atom is 0.126 e. The number of hydrogen-bond acceptors (Lipinski definition) is 2. The number of aryl methyl sites for hydroxylation is 4. The molecule has 0 atom stereocenters. The summed E-state index contributed by atoms with van der Waals surface area (Å²) in [6.07, 6.45) is 6.09. The molecule has 182 valence electrons. The Labute approximate surface area is 208 Å². The maximum atomic E-state index is 11.6. The van der Waals surface area contributed by atoms with Crippen molar-refractivity contribution in [3.63, 3.8) is 0 Å². The minimum Gasteiger partial charge on any atom is -0.507 e. The second kappa shape index (κ2) is 11.6. The Kier molecular flexibility index (Phi) is 9.01. The van der Waals surface area contributed by atoms with Gasteiger partial charge in [-0.15, -0.1) is 0 Å². The molecule has 34 heavy (non-hydrogen) atoms. The molecule has 0 amide bonds. The summed E-state index contributed by atoms with van der Waals surface area (Å²) in [5.41, 5.74) is 4.45. The third-order valence-corrected chi connectivity index (χ3v) is 16.8. The van der Waals surface area contributed by atoms with E-state index in [1.165, 1.54) is 16.3 Å². The minimum atomic E-state index is -2.16. The zero-order valence-electron chi connectivity index (χ0n) is 21.8. The minimum absolute atomic E-state index is 0.442. The van der Waals surface area contributed by atoms with Crippen LogP contribution in [0.25, 0.3) is 0 Å². The smallest absolute Gasteiger partial charge is 0.126 e. The quantitative estimate of drug-likeness (QED) is 0.238. The van der Waals surface area contributed by atoms with E-state index in [1.807, 2.05) is 0 Å². The number of unbranched alkanes of at least 4 members (excludes halogenated alkanes) is 2. The second-order valence-corrected chi connectivity index (χ2v) is 20.1. The molecule has 0 radical (unpaired) electrons. The van der Waals surface area contributed by atoms with Crippen LogP contribution in [0.3, 0.4) is 0 Å². The van der Waals surface area contributed by atoms with Gasteiger partial charge in [-0.2, -0.15) is 0 Å². The lowest BCUT2D eigenvalue weighted by Gasteiger charge is -2.36. The standard InChI is InChI=1S/C30H41O2PSi/c1-7-9-14-24-18-22(3)20-27(29(24)31)33(34(5,6)26-16-12-11-13-17-26)28-21-23(4)19-25(30(28)32)15-10-8-2/h11-13,16-21,31-32H,7-10,14-15H2,1-6H3. The van der Waals surface area contributed by atoms with Gasteiger partial charge >= 0.3 is 0 Å². The van der Waals surface area contributed by atoms with E-state index in [2.05, 4.69) is 95.4 Å². The van der Waals surface area contributed by atoms with Crippen molar-refractivity contribution in [1.29, 1.82) is 0 Å². The van der Waals surface area contributed by atoms with Gasteiger partial charge in [-0.25, -0.2) is 0 Å². The summed E-state index contributed by atoms with van der Waals surface area (Å²) in [4.78, 5) is 0. The first-order valence-corrected chi connectivity index (χ1v) is 17.9. The number of rotatable bonds is 10. The molecule has 3 rings (SSSR count). The van der Waals surface area contributed by atoms with Gasteiger partial charge in [-0.3, -0.25) is 0 Å². The molecular formula is C30H41O2PSi. The van der Waals surface area contributed by atoms with Crippen LogP contribution in [-0.4, -0.2) is 18.0 Å². The van der Waals surface area contributed by atoms with Crippen molar-refractivity contribution in [2.75, 3.05) is 0 Å². The fourth-order valence-electron chi connectivity index (χ4n) is 4.83. The van der Waals surface area contributed by atoms with E-state index in [0.29, 0.717) is 11.5 Å². The Hall–Kier alpha value is -2.09. The summed E-state index contributed by atoms with van der Waals surface area (Å²) < 4.78 is 0. The van der Waals surface area contributed by atoms with Gasteiger partial charge in [0.25, 0.3) is 0 Å². The molecule has 3 aromatic rings. The molecule has 0 fully saturated rings. The Morgan fingerprint density at radius 2 is 1.15 bits per heavy atom. The zero-order chi connectivity index (χ0) is 24.9. The van der Waals surface area contributed by atoms with E-state index < -0.39 is 15.2 Å². The van der Waals surface area contributed by atoms with Gasteiger partial charge in [-0.05, 0) is 81.4 Å². The predicted octanol–water partition coefficient (Wildman–Crippen LogP) is 6.94. The highest BCUT2D eigenvalue weighted by atomic mass is 31.4. The normalized spacial score (nSPS) is 11.9. The molecule has 0 aliphatic rings. The van der Waals surface area contributed by atoms with Crippen molar-refractivity contribution in [2.45, 2.75) is 79.3 Å². The molecule has 4 heteroatoms. The lowest BCUT2D eigenvalue weighted by Crippen LogP contribution is -2.45. The molecule has 0 aliphatic carbocycles. The van der Waals surface area contributed by atoms with Gasteiger partial charge in [0.05, 0.1) is 0 Å². The van der Waals surface area contributed by atoms with Crippen LogP contribution in [0.15, 0.2) is 54.6 Å². The van der Waals surface area contributed by atoms with Crippen molar-refractivity contribution in [2.24, 2.45) is 0 Å². The lowest BCUT2D eigenvalue weighted by molar-refractivity contribution is 0.470. The van der Waals surface area contributed by atoms with Gasteiger partial charge < -0.3 is 10.2 Å². The topological polar surface area (TPSA) is 40.5 Å². The van der Waals surface area contributed by atoms with Crippen molar-refractivity contribution in [3.05, 3.63) is 76.9 Å². The van der Waals surface area contributed by atoms with Crippen LogP contribution in [0.1, 0.15) is 61.8 Å². The van der Waals surface area contributed by atoms with Crippen LogP contribution >= 0.6 is 7.47 Å². The maximum absolute atomic E-state index is 11.6. The van der Waals surface area contributed by atoms with Crippen molar-refractivity contribution in [3.8, 4) is 11.5 Å². The Bertz CT molecular complexity index is 1050. The Morgan fingerprint density at radius 1 is 0.706 bits per heavy atom. The SMILES string of the molecule is CCCCc1cc(C)cc(P(c2cc(C)cc(CCCC)c2O)[Si](C)(C)c2ccccc2)c1O. The summed E-state index contributed by atoms with van der Waals surface area (Å²) in [5, 5.41) is 26.6. The first-order valence-electron chi connectivity index (χ1n) is 12.7. The first-order chi connectivity index (χ1) is 16.2. The molecular weight excluding hydrogens is 451 g/mol. The highest BCUT2D eigenvalue weighted by Gasteiger charge is 2.39. The van der Waals surface area contributed by atoms with Crippen LogP contribution in [0.2, 0.25) is 13.1 Å². The van der Waals surface area contributed by atoms with Gasteiger partial charge in [0, 0.05) is 10.6 Å². The average molecular weight is 493 g/mol. The summed E-state index contributed by atoms with van der Waals surface area (Å²) in [6, 6.07) is 19.4.